The molecule has 0 unspecified atom stereocenters. The third kappa shape index (κ3) is 8.99. The molecule has 0 bridgehead atoms. The van der Waals surface area contributed by atoms with Crippen molar-refractivity contribution in [2.75, 3.05) is 48.3 Å². The first kappa shape index (κ1) is 35.9. The van der Waals surface area contributed by atoms with Gasteiger partial charge in [-0.05, 0) is 60.2 Å². The van der Waals surface area contributed by atoms with Crippen molar-refractivity contribution in [3.05, 3.63) is 122 Å². The molecule has 4 aromatic rings. The van der Waals surface area contributed by atoms with Crippen LogP contribution in [-0.4, -0.2) is 67.2 Å². The summed E-state index contributed by atoms with van der Waals surface area (Å²) in [5.74, 6) is -0.445. The van der Waals surface area contributed by atoms with Gasteiger partial charge in [0, 0.05) is 68.2 Å². The maximum atomic E-state index is 13.7. The number of urea groups is 1. The molecule has 4 aromatic carbocycles. The van der Waals surface area contributed by atoms with E-state index in [2.05, 4.69) is 15.5 Å². The summed E-state index contributed by atoms with van der Waals surface area (Å²) in [6.07, 6.45) is -0.217. The molecule has 256 valence electrons. The Labute approximate surface area is 298 Å². The Hall–Kier alpha value is -4.40. The third-order valence-electron chi connectivity index (χ3n) is 7.79. The number of para-hydroxylation sites is 2. The molecule has 0 spiro atoms. The normalized spacial score (nSPS) is 13.3. The summed E-state index contributed by atoms with van der Waals surface area (Å²) in [6.45, 7) is 1.68. The number of nitrogens with zero attached hydrogens (tertiary/aromatic N) is 4. The van der Waals surface area contributed by atoms with Crippen LogP contribution in [0, 0.1) is 10.1 Å². The topological polar surface area (TPSA) is 145 Å². The van der Waals surface area contributed by atoms with Gasteiger partial charge in [-0.15, -0.1) is 0 Å². The van der Waals surface area contributed by atoms with Crippen molar-refractivity contribution in [2.45, 2.75) is 17.9 Å². The van der Waals surface area contributed by atoms with Gasteiger partial charge in [-0.25, -0.2) is 13.2 Å². The summed E-state index contributed by atoms with van der Waals surface area (Å²) in [7, 11) is -4.38. The molecule has 0 aromatic heterocycles. The van der Waals surface area contributed by atoms with Crippen molar-refractivity contribution >= 4 is 79.5 Å². The molecule has 0 atom stereocenters. The number of sulfonamides is 1. The van der Waals surface area contributed by atoms with Crippen molar-refractivity contribution in [1.82, 2.24) is 9.21 Å². The highest BCUT2D eigenvalue weighted by Crippen LogP contribution is 2.31. The van der Waals surface area contributed by atoms with E-state index in [1.54, 1.807) is 59.5 Å². The molecule has 1 fully saturated rings. The Bertz CT molecular complexity index is 1940. The fraction of sp³-hybridized carbons (Fsp3) is 0.212. The highest BCUT2D eigenvalue weighted by Gasteiger charge is 2.32. The summed E-state index contributed by atoms with van der Waals surface area (Å²) in [6, 6.07) is 23.5. The summed E-state index contributed by atoms with van der Waals surface area (Å²) < 4.78 is 28.4. The third-order valence-corrected chi connectivity index (χ3v) is 10.6. The lowest BCUT2D eigenvalue weighted by atomic mass is 10.2. The van der Waals surface area contributed by atoms with E-state index in [-0.39, 0.29) is 25.5 Å². The molecule has 1 aliphatic rings. The number of carbonyl (C=O) groups is 2. The maximum Gasteiger partial charge on any atom is 0.322 e. The van der Waals surface area contributed by atoms with Gasteiger partial charge in [0.05, 0.1) is 20.7 Å². The van der Waals surface area contributed by atoms with Gasteiger partial charge in [0.1, 0.15) is 0 Å². The molecule has 12 nitrogen and oxygen atoms in total. The van der Waals surface area contributed by atoms with Gasteiger partial charge in [-0.1, -0.05) is 65.1 Å². The van der Waals surface area contributed by atoms with Crippen molar-refractivity contribution in [1.29, 1.82) is 0 Å². The Balaban J connectivity index is 1.19. The van der Waals surface area contributed by atoms with E-state index in [1.807, 2.05) is 12.1 Å². The number of hydrogen-bond acceptors (Lipinski definition) is 7. The zero-order chi connectivity index (χ0) is 35.1. The van der Waals surface area contributed by atoms with Crippen LogP contribution >= 0.6 is 34.8 Å². The summed E-state index contributed by atoms with van der Waals surface area (Å²) >= 11 is 18.5. The summed E-state index contributed by atoms with van der Waals surface area (Å²) in [5.41, 5.74) is 1.76. The maximum absolute atomic E-state index is 13.7. The highest BCUT2D eigenvalue weighted by atomic mass is 35.5. The second-order valence-electron chi connectivity index (χ2n) is 11.0. The molecule has 0 saturated carbocycles. The Morgan fingerprint density at radius 1 is 0.837 bits per heavy atom. The van der Waals surface area contributed by atoms with Crippen LogP contribution < -0.4 is 15.5 Å². The molecule has 3 amide bonds. The van der Waals surface area contributed by atoms with E-state index in [9.17, 15) is 28.1 Å². The summed E-state index contributed by atoms with van der Waals surface area (Å²) in [5, 5.41) is 18.3. The molecular formula is C33H31Cl3N6O6S. The predicted octanol–water partition coefficient (Wildman–Crippen LogP) is 7.13. The Morgan fingerprint density at radius 3 is 2.14 bits per heavy atom. The van der Waals surface area contributed by atoms with Gasteiger partial charge in [-0.3, -0.25) is 14.9 Å². The number of halogens is 3. The van der Waals surface area contributed by atoms with Crippen LogP contribution in [0.15, 0.2) is 95.9 Å². The lowest BCUT2D eigenvalue weighted by molar-refractivity contribution is -0.387. The van der Waals surface area contributed by atoms with Crippen molar-refractivity contribution in [3.8, 4) is 0 Å². The van der Waals surface area contributed by atoms with E-state index in [0.29, 0.717) is 58.2 Å². The average Bonchev–Trinajstić information content (AvgIpc) is 3.08. The fourth-order valence-corrected chi connectivity index (χ4v) is 7.56. The number of nitrogens with one attached hydrogen (secondary N) is 2. The van der Waals surface area contributed by atoms with Crippen LogP contribution in [0.3, 0.4) is 0 Å². The molecule has 1 saturated heterocycles. The Kier molecular flexibility index (Phi) is 11.6. The molecule has 16 heteroatoms. The first-order chi connectivity index (χ1) is 23.4. The highest BCUT2D eigenvalue weighted by molar-refractivity contribution is 7.89. The lowest BCUT2D eigenvalue weighted by Gasteiger charge is -2.36. The smallest absolute Gasteiger partial charge is 0.322 e. The van der Waals surface area contributed by atoms with E-state index < -0.39 is 31.4 Å². The molecule has 1 heterocycles. The molecule has 0 aliphatic carbocycles. The van der Waals surface area contributed by atoms with Crippen molar-refractivity contribution in [3.63, 3.8) is 0 Å². The van der Waals surface area contributed by atoms with Crippen LogP contribution in [0.2, 0.25) is 15.1 Å². The largest absolute Gasteiger partial charge is 0.368 e. The van der Waals surface area contributed by atoms with Crippen LogP contribution in [0.25, 0.3) is 0 Å². The van der Waals surface area contributed by atoms with Gasteiger partial charge in [0.25, 0.3) is 5.69 Å². The minimum Gasteiger partial charge on any atom is -0.368 e. The number of nitro groups is 1. The molecule has 5 rings (SSSR count). The second kappa shape index (κ2) is 15.9. The number of amides is 3. The number of benzene rings is 4. The number of piperazine rings is 1. The SMILES string of the molecule is O=C(CCN(Cc1cccc(Cl)c1)S(=O)(=O)c1ccccc1[N+](=O)[O-])Nc1ccc(N2CCN(C(=O)Nc3c(Cl)cccc3Cl)CC2)cc1. The van der Waals surface area contributed by atoms with E-state index in [1.165, 1.54) is 18.2 Å². The minimum atomic E-state index is -4.38. The predicted molar refractivity (Wildman–Crippen MR) is 191 cm³/mol. The standard InChI is InChI=1S/C33H31Cl3N6O6S/c34-24-6-3-5-23(21-24)22-41(49(47,48)30-10-2-1-9-29(30)42(45)46)16-15-31(43)37-25-11-13-26(14-12-25)39-17-19-40(20-18-39)33(44)38-32-27(35)7-4-8-28(32)36/h1-14,21H,15-20,22H2,(H,37,43)(H,38,44). The zero-order valence-electron chi connectivity index (χ0n) is 25.9. The van der Waals surface area contributed by atoms with Crippen LogP contribution in [0.5, 0.6) is 0 Å². The van der Waals surface area contributed by atoms with Crippen molar-refractivity contribution in [2.24, 2.45) is 0 Å². The van der Waals surface area contributed by atoms with Gasteiger partial charge < -0.3 is 20.4 Å². The molecule has 2 N–H and O–H groups in total. The van der Waals surface area contributed by atoms with Crippen molar-refractivity contribution < 1.29 is 22.9 Å². The van der Waals surface area contributed by atoms with E-state index >= 15 is 0 Å². The van der Waals surface area contributed by atoms with E-state index in [0.717, 1.165) is 16.1 Å². The van der Waals surface area contributed by atoms with Crippen LogP contribution in [-0.2, 0) is 21.4 Å². The quantitative estimate of drug-likeness (QED) is 0.123. The first-order valence-corrected chi connectivity index (χ1v) is 17.6. The molecule has 1 aliphatic heterocycles. The van der Waals surface area contributed by atoms with Gasteiger partial charge >= 0.3 is 6.03 Å². The zero-order valence-corrected chi connectivity index (χ0v) is 29.0. The summed E-state index contributed by atoms with van der Waals surface area (Å²) in [4.78, 5) is 40.0. The minimum absolute atomic E-state index is 0.153. The first-order valence-electron chi connectivity index (χ1n) is 15.0. The number of nitro benzene ring substituents is 1. The number of rotatable bonds is 11. The fourth-order valence-electron chi connectivity index (χ4n) is 5.26. The second-order valence-corrected chi connectivity index (χ2v) is 14.2. The molecule has 49 heavy (non-hydrogen) atoms. The van der Waals surface area contributed by atoms with Gasteiger partial charge in [0.15, 0.2) is 4.90 Å². The van der Waals surface area contributed by atoms with Gasteiger partial charge in [0.2, 0.25) is 15.9 Å². The molecular weight excluding hydrogens is 715 g/mol. The monoisotopic (exact) mass is 744 g/mol. The molecule has 0 radical (unpaired) electrons. The Morgan fingerprint density at radius 2 is 1.49 bits per heavy atom. The average molecular weight is 746 g/mol. The number of hydrogen-bond donors (Lipinski definition) is 2. The number of carbonyl (C=O) groups excluding carboxylic acids is 2. The lowest BCUT2D eigenvalue weighted by Crippen LogP contribution is -2.50. The van der Waals surface area contributed by atoms with Crippen LogP contribution in [0.1, 0.15) is 12.0 Å². The number of anilines is 3. The van der Waals surface area contributed by atoms with Crippen LogP contribution in [0.4, 0.5) is 27.5 Å². The van der Waals surface area contributed by atoms with E-state index in [4.69, 9.17) is 34.8 Å². The van der Waals surface area contributed by atoms with Gasteiger partial charge in [-0.2, -0.15) is 4.31 Å².